The van der Waals surface area contributed by atoms with Gasteiger partial charge in [-0.2, -0.15) is 0 Å². The molecule has 0 heterocycles. The monoisotopic (exact) mass is 563 g/mol. The van der Waals surface area contributed by atoms with E-state index in [9.17, 15) is 13.2 Å². The number of sulfonamides is 1. The fourth-order valence-electron chi connectivity index (χ4n) is 4.19. The van der Waals surface area contributed by atoms with Gasteiger partial charge in [-0.3, -0.25) is 9.52 Å². The van der Waals surface area contributed by atoms with Crippen molar-refractivity contribution in [3.63, 3.8) is 0 Å². The zero-order valence-electron chi connectivity index (χ0n) is 22.0. The summed E-state index contributed by atoms with van der Waals surface area (Å²) in [6.07, 6.45) is 0. The van der Waals surface area contributed by atoms with E-state index in [4.69, 9.17) is 16.3 Å². The Hall–Kier alpha value is -4.01. The number of nitrogens with zero attached hydrogens (tertiary/aromatic N) is 2. The first-order valence-corrected chi connectivity index (χ1v) is 14.1. The summed E-state index contributed by atoms with van der Waals surface area (Å²) >= 11 is 6.39. The number of carbonyl (C=O) groups is 1. The minimum absolute atomic E-state index is 0.112. The first kappa shape index (κ1) is 28.0. The lowest BCUT2D eigenvalue weighted by Gasteiger charge is -2.27. The second-order valence-electron chi connectivity index (χ2n) is 9.15. The number of rotatable bonds is 10. The summed E-state index contributed by atoms with van der Waals surface area (Å²) in [6.45, 7) is 0.574. The highest BCUT2D eigenvalue weighted by Crippen LogP contribution is 2.28. The molecule has 4 rings (SSSR count). The fourth-order valence-corrected chi connectivity index (χ4v) is 5.46. The number of anilines is 2. The normalized spacial score (nSPS) is 11.1. The molecule has 4 aromatic carbocycles. The molecule has 0 saturated carbocycles. The van der Waals surface area contributed by atoms with E-state index in [1.165, 1.54) is 19.2 Å². The van der Waals surface area contributed by atoms with E-state index in [1.54, 1.807) is 53.4 Å². The van der Waals surface area contributed by atoms with Crippen LogP contribution in [0.5, 0.6) is 5.75 Å². The summed E-state index contributed by atoms with van der Waals surface area (Å²) in [5, 5.41) is 0.370. The lowest BCUT2D eigenvalue weighted by Crippen LogP contribution is -2.31. The Morgan fingerprint density at radius 3 is 2.18 bits per heavy atom. The van der Waals surface area contributed by atoms with E-state index >= 15 is 0 Å². The van der Waals surface area contributed by atoms with Crippen molar-refractivity contribution in [1.82, 2.24) is 4.90 Å². The summed E-state index contributed by atoms with van der Waals surface area (Å²) in [7, 11) is 1.47. The van der Waals surface area contributed by atoms with Gasteiger partial charge in [0.25, 0.3) is 15.9 Å². The molecule has 0 bridgehead atoms. The van der Waals surface area contributed by atoms with Gasteiger partial charge in [-0.15, -0.1) is 0 Å². The Morgan fingerprint density at radius 2 is 1.54 bits per heavy atom. The third-order valence-corrected chi connectivity index (χ3v) is 7.88. The van der Waals surface area contributed by atoms with E-state index in [-0.39, 0.29) is 17.3 Å². The Bertz CT molecular complexity index is 1540. The van der Waals surface area contributed by atoms with Crippen LogP contribution < -0.4 is 14.4 Å². The van der Waals surface area contributed by atoms with Crippen molar-refractivity contribution in [2.75, 3.05) is 30.8 Å². The highest BCUT2D eigenvalue weighted by atomic mass is 35.5. The maximum absolute atomic E-state index is 13.7. The van der Waals surface area contributed by atoms with Gasteiger partial charge in [-0.25, -0.2) is 8.42 Å². The first-order chi connectivity index (χ1) is 18.7. The van der Waals surface area contributed by atoms with Crippen LogP contribution in [0.4, 0.5) is 11.4 Å². The Labute approximate surface area is 234 Å². The van der Waals surface area contributed by atoms with Gasteiger partial charge in [0.05, 0.1) is 22.6 Å². The molecule has 1 amide bonds. The molecule has 0 fully saturated rings. The summed E-state index contributed by atoms with van der Waals surface area (Å²) in [4.78, 5) is 17.5. The van der Waals surface area contributed by atoms with E-state index in [1.807, 2.05) is 55.4 Å². The highest BCUT2D eigenvalue weighted by Gasteiger charge is 2.22. The van der Waals surface area contributed by atoms with Crippen LogP contribution in [-0.4, -0.2) is 40.4 Å². The molecule has 9 heteroatoms. The van der Waals surface area contributed by atoms with Gasteiger partial charge in [0.15, 0.2) is 0 Å². The minimum atomic E-state index is -3.85. The molecule has 0 aliphatic heterocycles. The second kappa shape index (κ2) is 12.2. The summed E-state index contributed by atoms with van der Waals surface area (Å²) < 4.78 is 34.0. The molecule has 0 radical (unpaired) electrons. The zero-order chi connectivity index (χ0) is 28.0. The Balaban J connectivity index is 1.69. The number of halogens is 1. The molecule has 0 saturated heterocycles. The van der Waals surface area contributed by atoms with Crippen LogP contribution >= 0.6 is 11.6 Å². The lowest BCUT2D eigenvalue weighted by molar-refractivity contribution is 0.0730. The van der Waals surface area contributed by atoms with Crippen molar-refractivity contribution in [2.45, 2.75) is 18.0 Å². The fraction of sp³-hybridized carbons (Fsp3) is 0.167. The van der Waals surface area contributed by atoms with Gasteiger partial charge >= 0.3 is 0 Å². The number of amides is 1. The van der Waals surface area contributed by atoms with E-state index in [2.05, 4.69) is 4.72 Å². The van der Waals surface area contributed by atoms with Crippen LogP contribution in [0, 0.1) is 0 Å². The molecule has 7 nitrogen and oxygen atoms in total. The van der Waals surface area contributed by atoms with Crippen molar-refractivity contribution >= 4 is 38.9 Å². The third kappa shape index (κ3) is 6.90. The highest BCUT2D eigenvalue weighted by molar-refractivity contribution is 7.92. The molecule has 1 N–H and O–H groups in total. The number of nitrogens with one attached hydrogen (secondary N) is 1. The van der Waals surface area contributed by atoms with Gasteiger partial charge in [0.2, 0.25) is 0 Å². The van der Waals surface area contributed by atoms with Crippen molar-refractivity contribution < 1.29 is 17.9 Å². The predicted molar refractivity (Wildman–Crippen MR) is 156 cm³/mol. The maximum atomic E-state index is 13.7. The van der Waals surface area contributed by atoms with Crippen LogP contribution in [0.2, 0.25) is 5.02 Å². The van der Waals surface area contributed by atoms with E-state index < -0.39 is 10.0 Å². The number of hydrogen-bond acceptors (Lipinski definition) is 5. The van der Waals surface area contributed by atoms with Crippen LogP contribution in [-0.2, 0) is 23.1 Å². The molecule has 0 spiro atoms. The van der Waals surface area contributed by atoms with Crippen LogP contribution in [0.15, 0.2) is 102 Å². The number of ether oxygens (including phenoxy) is 1. The molecule has 0 aliphatic carbocycles. The summed E-state index contributed by atoms with van der Waals surface area (Å²) in [5.41, 5.74) is 3.37. The van der Waals surface area contributed by atoms with Gasteiger partial charge in [0.1, 0.15) is 5.75 Å². The molecule has 202 valence electrons. The van der Waals surface area contributed by atoms with Crippen LogP contribution in [0.3, 0.4) is 0 Å². The van der Waals surface area contributed by atoms with Crippen molar-refractivity contribution in [1.29, 1.82) is 0 Å². The topological polar surface area (TPSA) is 79.0 Å². The predicted octanol–water partition coefficient (Wildman–Crippen LogP) is 6.06. The lowest BCUT2D eigenvalue weighted by atomic mass is 10.1. The second-order valence-corrected chi connectivity index (χ2v) is 11.2. The van der Waals surface area contributed by atoms with Gasteiger partial charge in [0, 0.05) is 38.6 Å². The maximum Gasteiger partial charge on any atom is 0.261 e. The van der Waals surface area contributed by atoms with Gasteiger partial charge in [-0.05, 0) is 65.7 Å². The SMILES string of the molecule is COc1ccc(S(=O)(=O)Nc2ccc(N(C)C)c(CN(Cc3ccccc3)C(=O)c3ccccc3Cl)c2)cc1. The Kier molecular flexibility index (Phi) is 8.79. The smallest absolute Gasteiger partial charge is 0.261 e. The molecular formula is C30H30ClN3O4S. The largest absolute Gasteiger partial charge is 0.497 e. The van der Waals surface area contributed by atoms with Gasteiger partial charge in [-0.1, -0.05) is 54.1 Å². The van der Waals surface area contributed by atoms with Gasteiger partial charge < -0.3 is 14.5 Å². The van der Waals surface area contributed by atoms with E-state index in [0.717, 1.165) is 16.8 Å². The van der Waals surface area contributed by atoms with Crippen molar-refractivity contribution in [2.24, 2.45) is 0 Å². The molecule has 39 heavy (non-hydrogen) atoms. The quantitative estimate of drug-likeness (QED) is 0.254. The van der Waals surface area contributed by atoms with Crippen LogP contribution in [0.25, 0.3) is 0 Å². The number of benzene rings is 4. The van der Waals surface area contributed by atoms with Crippen LogP contribution in [0.1, 0.15) is 21.5 Å². The standard InChI is InChI=1S/C30H30ClN3O4S/c1-33(2)29-18-13-24(32-39(36,37)26-16-14-25(38-3)15-17-26)19-23(29)21-34(20-22-9-5-4-6-10-22)30(35)27-11-7-8-12-28(27)31/h4-19,32H,20-21H2,1-3H3. The third-order valence-electron chi connectivity index (χ3n) is 6.15. The zero-order valence-corrected chi connectivity index (χ0v) is 23.5. The number of hydrogen-bond donors (Lipinski definition) is 1. The molecule has 0 aliphatic rings. The Morgan fingerprint density at radius 1 is 0.872 bits per heavy atom. The van der Waals surface area contributed by atoms with E-state index in [0.29, 0.717) is 28.6 Å². The average Bonchev–Trinajstić information content (AvgIpc) is 2.93. The number of methoxy groups -OCH3 is 1. The molecular weight excluding hydrogens is 534 g/mol. The molecule has 0 atom stereocenters. The summed E-state index contributed by atoms with van der Waals surface area (Å²) in [6, 6.07) is 28.1. The van der Waals surface area contributed by atoms with Crippen molar-refractivity contribution in [3.05, 3.63) is 119 Å². The molecule has 0 aromatic heterocycles. The molecule has 4 aromatic rings. The average molecular weight is 564 g/mol. The first-order valence-electron chi connectivity index (χ1n) is 12.2. The number of carbonyl (C=O) groups excluding carboxylic acids is 1. The summed E-state index contributed by atoms with van der Waals surface area (Å²) in [5.74, 6) is 0.339. The molecule has 0 unspecified atom stereocenters. The minimum Gasteiger partial charge on any atom is -0.497 e. The van der Waals surface area contributed by atoms with Crippen molar-refractivity contribution in [3.8, 4) is 5.75 Å².